The zero-order valence-electron chi connectivity index (χ0n) is 15.1. The number of aliphatic imine (C=N–C) groups is 1. The van der Waals surface area contributed by atoms with E-state index in [-0.39, 0.29) is 5.54 Å². The molecule has 1 atom stereocenters. The van der Waals surface area contributed by atoms with Crippen molar-refractivity contribution in [1.82, 2.24) is 20.9 Å². The summed E-state index contributed by atoms with van der Waals surface area (Å²) in [6.07, 6.45) is 2.82. The normalized spacial score (nSPS) is 18.8. The van der Waals surface area contributed by atoms with Gasteiger partial charge in [0.2, 0.25) is 0 Å². The van der Waals surface area contributed by atoms with Crippen molar-refractivity contribution in [2.45, 2.75) is 38.8 Å². The summed E-state index contributed by atoms with van der Waals surface area (Å²) in [7, 11) is 1.80. The van der Waals surface area contributed by atoms with Crippen LogP contribution in [0.5, 0.6) is 0 Å². The zero-order chi connectivity index (χ0) is 17.6. The maximum absolute atomic E-state index is 6.24. The van der Waals surface area contributed by atoms with Gasteiger partial charge < -0.3 is 20.9 Å². The molecule has 0 radical (unpaired) electrons. The number of halogens is 1. The maximum Gasteiger partial charge on any atom is 0.191 e. The lowest BCUT2D eigenvalue weighted by Gasteiger charge is -2.22. The molecule has 1 saturated heterocycles. The van der Waals surface area contributed by atoms with Crippen molar-refractivity contribution in [3.05, 3.63) is 23.4 Å². The van der Waals surface area contributed by atoms with E-state index < -0.39 is 0 Å². The van der Waals surface area contributed by atoms with Crippen LogP contribution < -0.4 is 20.9 Å². The number of rotatable bonds is 5. The molecule has 0 saturated carbocycles. The van der Waals surface area contributed by atoms with Gasteiger partial charge in [0.15, 0.2) is 5.96 Å². The molecule has 0 amide bonds. The molecular weight excluding hydrogens is 324 g/mol. The van der Waals surface area contributed by atoms with Gasteiger partial charge in [-0.05, 0) is 39.3 Å². The molecule has 1 aliphatic heterocycles. The van der Waals surface area contributed by atoms with E-state index in [0.717, 1.165) is 44.4 Å². The first-order chi connectivity index (χ1) is 11.4. The predicted octanol–water partition coefficient (Wildman–Crippen LogP) is 1.87. The second kappa shape index (κ2) is 8.53. The Morgan fingerprint density at radius 1 is 1.42 bits per heavy atom. The minimum atomic E-state index is 0.131. The summed E-state index contributed by atoms with van der Waals surface area (Å²) in [5.74, 6) is 1.70. The van der Waals surface area contributed by atoms with Crippen LogP contribution in [0.4, 0.5) is 5.82 Å². The summed E-state index contributed by atoms with van der Waals surface area (Å²) < 4.78 is 0. The Morgan fingerprint density at radius 2 is 2.21 bits per heavy atom. The first kappa shape index (κ1) is 18.8. The number of aromatic nitrogens is 1. The first-order valence-corrected chi connectivity index (χ1v) is 8.84. The van der Waals surface area contributed by atoms with Crippen molar-refractivity contribution in [3.8, 4) is 0 Å². The number of nitrogens with one attached hydrogen (secondary N) is 3. The molecule has 1 aromatic rings. The molecule has 1 aliphatic rings. The Kier molecular flexibility index (Phi) is 6.69. The van der Waals surface area contributed by atoms with Crippen LogP contribution in [-0.2, 0) is 0 Å². The average molecular weight is 353 g/mol. The SMILES string of the molecule is CN=C(NCCNC(C)(C)C)NC1CCN(c2ncccc2Cl)C1. The minimum absolute atomic E-state index is 0.131. The van der Waals surface area contributed by atoms with Crippen LogP contribution in [0.2, 0.25) is 5.02 Å². The van der Waals surface area contributed by atoms with Gasteiger partial charge in [0.05, 0.1) is 5.02 Å². The molecule has 0 aliphatic carbocycles. The molecule has 0 spiro atoms. The highest BCUT2D eigenvalue weighted by Crippen LogP contribution is 2.25. The highest BCUT2D eigenvalue weighted by atomic mass is 35.5. The summed E-state index contributed by atoms with van der Waals surface area (Å²) in [4.78, 5) is 10.9. The van der Waals surface area contributed by atoms with Gasteiger partial charge in [0.25, 0.3) is 0 Å². The van der Waals surface area contributed by atoms with Crippen molar-refractivity contribution in [3.63, 3.8) is 0 Å². The second-order valence-corrected chi connectivity index (χ2v) is 7.47. The Morgan fingerprint density at radius 3 is 2.88 bits per heavy atom. The Hall–Kier alpha value is -1.53. The van der Waals surface area contributed by atoms with E-state index in [4.69, 9.17) is 11.6 Å². The van der Waals surface area contributed by atoms with Crippen molar-refractivity contribution < 1.29 is 0 Å². The third-order valence-corrected chi connectivity index (χ3v) is 4.16. The molecule has 0 aromatic carbocycles. The van der Waals surface area contributed by atoms with Gasteiger partial charge in [0.1, 0.15) is 5.82 Å². The number of hydrogen-bond donors (Lipinski definition) is 3. The number of anilines is 1. The van der Waals surface area contributed by atoms with Gasteiger partial charge in [-0.15, -0.1) is 0 Å². The summed E-state index contributed by atoms with van der Waals surface area (Å²) in [6.45, 7) is 10.0. The lowest BCUT2D eigenvalue weighted by molar-refractivity contribution is 0.428. The van der Waals surface area contributed by atoms with Crippen LogP contribution in [0, 0.1) is 0 Å². The van der Waals surface area contributed by atoms with E-state index in [9.17, 15) is 0 Å². The summed E-state index contributed by atoms with van der Waals surface area (Å²) in [6, 6.07) is 4.08. The molecule has 6 nitrogen and oxygen atoms in total. The number of hydrogen-bond acceptors (Lipinski definition) is 4. The fraction of sp³-hybridized carbons (Fsp3) is 0.647. The fourth-order valence-electron chi connectivity index (χ4n) is 2.69. The van der Waals surface area contributed by atoms with Crippen molar-refractivity contribution in [1.29, 1.82) is 0 Å². The number of nitrogens with zero attached hydrogens (tertiary/aromatic N) is 3. The van der Waals surface area contributed by atoms with Crippen LogP contribution >= 0.6 is 11.6 Å². The molecule has 2 heterocycles. The lowest BCUT2D eigenvalue weighted by atomic mass is 10.1. The molecule has 1 unspecified atom stereocenters. The molecule has 1 aromatic heterocycles. The van der Waals surface area contributed by atoms with Crippen LogP contribution in [0.25, 0.3) is 0 Å². The summed E-state index contributed by atoms with van der Waals surface area (Å²) in [5.41, 5.74) is 0.131. The van der Waals surface area contributed by atoms with Gasteiger partial charge in [-0.25, -0.2) is 4.98 Å². The standard InChI is InChI=1S/C17H29ClN6/c1-17(2,3)22-10-9-21-16(19-4)23-13-7-11-24(12-13)15-14(18)6-5-8-20-15/h5-6,8,13,22H,7,9-12H2,1-4H3,(H2,19,21,23). The fourth-order valence-corrected chi connectivity index (χ4v) is 2.93. The van der Waals surface area contributed by atoms with Crippen LogP contribution in [0.15, 0.2) is 23.3 Å². The molecule has 0 bridgehead atoms. The van der Waals surface area contributed by atoms with Crippen LogP contribution in [0.1, 0.15) is 27.2 Å². The largest absolute Gasteiger partial charge is 0.355 e. The Bertz CT molecular complexity index is 554. The predicted molar refractivity (Wildman–Crippen MR) is 102 cm³/mol. The molecule has 24 heavy (non-hydrogen) atoms. The zero-order valence-corrected chi connectivity index (χ0v) is 15.8. The van der Waals surface area contributed by atoms with E-state index >= 15 is 0 Å². The molecule has 1 fully saturated rings. The molecule has 134 valence electrons. The van der Waals surface area contributed by atoms with Crippen molar-refractivity contribution >= 4 is 23.4 Å². The highest BCUT2D eigenvalue weighted by molar-refractivity contribution is 6.32. The van der Waals surface area contributed by atoms with E-state index in [1.54, 1.807) is 13.2 Å². The maximum atomic E-state index is 6.24. The number of guanidine groups is 1. The highest BCUT2D eigenvalue weighted by Gasteiger charge is 2.25. The van der Waals surface area contributed by atoms with Crippen molar-refractivity contribution in [2.24, 2.45) is 4.99 Å². The molecule has 7 heteroatoms. The van der Waals surface area contributed by atoms with E-state index in [1.807, 2.05) is 12.1 Å². The average Bonchev–Trinajstić information content (AvgIpc) is 2.98. The van der Waals surface area contributed by atoms with Gasteiger partial charge in [-0.3, -0.25) is 4.99 Å². The van der Waals surface area contributed by atoms with E-state index in [0.29, 0.717) is 11.1 Å². The Labute approximate surface area is 150 Å². The lowest BCUT2D eigenvalue weighted by Crippen LogP contribution is -2.47. The smallest absolute Gasteiger partial charge is 0.191 e. The third-order valence-electron chi connectivity index (χ3n) is 3.86. The quantitative estimate of drug-likeness (QED) is 0.429. The van der Waals surface area contributed by atoms with Crippen LogP contribution in [0.3, 0.4) is 0 Å². The van der Waals surface area contributed by atoms with Gasteiger partial charge in [-0.2, -0.15) is 0 Å². The summed E-state index contributed by atoms with van der Waals surface area (Å²) >= 11 is 6.24. The van der Waals surface area contributed by atoms with Gasteiger partial charge in [0, 0.05) is 51.0 Å². The second-order valence-electron chi connectivity index (χ2n) is 7.06. The topological polar surface area (TPSA) is 64.6 Å². The summed E-state index contributed by atoms with van der Waals surface area (Å²) in [5, 5.41) is 11.0. The molecular formula is C17H29ClN6. The van der Waals surface area contributed by atoms with E-state index in [1.165, 1.54) is 0 Å². The van der Waals surface area contributed by atoms with E-state index in [2.05, 4.69) is 51.6 Å². The van der Waals surface area contributed by atoms with Crippen molar-refractivity contribution in [2.75, 3.05) is 38.1 Å². The van der Waals surface area contributed by atoms with Gasteiger partial charge in [-0.1, -0.05) is 11.6 Å². The van der Waals surface area contributed by atoms with Gasteiger partial charge >= 0.3 is 0 Å². The Balaban J connectivity index is 1.78. The third kappa shape index (κ3) is 5.83. The monoisotopic (exact) mass is 352 g/mol. The first-order valence-electron chi connectivity index (χ1n) is 8.47. The molecule has 2 rings (SSSR count). The van der Waals surface area contributed by atoms with Crippen LogP contribution in [-0.4, -0.2) is 55.8 Å². The minimum Gasteiger partial charge on any atom is -0.355 e. The number of pyridine rings is 1. The molecule has 3 N–H and O–H groups in total.